The second-order valence-electron chi connectivity index (χ2n) is 17.7. The van der Waals surface area contributed by atoms with Gasteiger partial charge in [0.15, 0.2) is 32.3 Å². The predicted octanol–water partition coefficient (Wildman–Crippen LogP) is 10.3. The molecule has 0 aromatic heterocycles. The summed E-state index contributed by atoms with van der Waals surface area (Å²) in [6.07, 6.45) is 13.0. The second kappa shape index (κ2) is 19.1. The second-order valence-corrected chi connectivity index (χ2v) is 29.4. The molecule has 52 heavy (non-hydrogen) atoms. The van der Waals surface area contributed by atoms with Crippen molar-refractivity contribution in [1.29, 1.82) is 0 Å². The Morgan fingerprint density at radius 2 is 1.54 bits per heavy atom. The van der Waals surface area contributed by atoms with Gasteiger partial charge in [0.2, 0.25) is 0 Å². The molecule has 0 bridgehead atoms. The van der Waals surface area contributed by atoms with Gasteiger partial charge in [-0.25, -0.2) is 8.42 Å². The van der Waals surface area contributed by atoms with Crippen LogP contribution in [-0.4, -0.2) is 73.1 Å². The first-order chi connectivity index (χ1) is 23.8. The van der Waals surface area contributed by atoms with Gasteiger partial charge >= 0.3 is 5.97 Å². The Hall–Kier alpha value is -1.87. The van der Waals surface area contributed by atoms with Crippen molar-refractivity contribution in [3.05, 3.63) is 66.8 Å². The van der Waals surface area contributed by atoms with Crippen LogP contribution in [0.2, 0.25) is 36.3 Å². The van der Waals surface area contributed by atoms with Gasteiger partial charge in [-0.05, 0) is 101 Å². The summed E-state index contributed by atoms with van der Waals surface area (Å²) in [5.74, 6) is -1.40. The van der Waals surface area contributed by atoms with Crippen molar-refractivity contribution >= 4 is 32.4 Å². The van der Waals surface area contributed by atoms with E-state index < -0.39 is 49.6 Å². The molecule has 1 fully saturated rings. The lowest BCUT2D eigenvalue weighted by Gasteiger charge is -2.40. The molecular formula is C41H70O8SSi2. The van der Waals surface area contributed by atoms with Crippen LogP contribution >= 0.6 is 0 Å². The number of hydrogen-bond acceptors (Lipinski definition) is 8. The number of rotatable bonds is 18. The lowest BCUT2D eigenvalue weighted by Crippen LogP contribution is -2.44. The molecule has 2 rings (SSSR count). The monoisotopic (exact) mass is 778 g/mol. The maximum absolute atomic E-state index is 14.2. The van der Waals surface area contributed by atoms with E-state index in [2.05, 4.69) is 80.7 Å². The fraction of sp³-hybridized carbons (Fsp3) is 0.683. The van der Waals surface area contributed by atoms with Crippen molar-refractivity contribution in [1.82, 2.24) is 0 Å². The van der Waals surface area contributed by atoms with Crippen molar-refractivity contribution in [3.63, 3.8) is 0 Å². The Balaban J connectivity index is 2.24. The maximum Gasteiger partial charge on any atom is 0.303 e. The van der Waals surface area contributed by atoms with Gasteiger partial charge in [-0.2, -0.15) is 0 Å². The van der Waals surface area contributed by atoms with Crippen LogP contribution in [0.5, 0.6) is 0 Å². The quantitative estimate of drug-likeness (QED) is 0.0629. The maximum atomic E-state index is 14.2. The first-order valence-electron chi connectivity index (χ1n) is 18.9. The van der Waals surface area contributed by atoms with Crippen LogP contribution in [0.3, 0.4) is 0 Å². The summed E-state index contributed by atoms with van der Waals surface area (Å²) in [7, 11) is -7.66. The van der Waals surface area contributed by atoms with Crippen molar-refractivity contribution in [2.75, 3.05) is 6.61 Å². The minimum absolute atomic E-state index is 0.0290. The minimum Gasteiger partial charge on any atom is -0.457 e. The lowest BCUT2D eigenvalue weighted by atomic mass is 10.0. The topological polar surface area (TPSA) is 97.4 Å². The number of hydrogen-bond donors (Lipinski definition) is 0. The van der Waals surface area contributed by atoms with E-state index in [0.29, 0.717) is 38.7 Å². The summed E-state index contributed by atoms with van der Waals surface area (Å²) in [5, 5.41) is -0.754. The summed E-state index contributed by atoms with van der Waals surface area (Å²) in [6, 6.07) is 8.40. The van der Waals surface area contributed by atoms with E-state index >= 15 is 0 Å². The van der Waals surface area contributed by atoms with E-state index in [1.807, 2.05) is 38.2 Å². The van der Waals surface area contributed by atoms with Gasteiger partial charge in [0.25, 0.3) is 0 Å². The Labute approximate surface area is 318 Å². The molecule has 1 aromatic rings. The van der Waals surface area contributed by atoms with Crippen LogP contribution in [0, 0.1) is 0 Å². The van der Waals surface area contributed by atoms with Gasteiger partial charge in [0.1, 0.15) is 11.4 Å². The third-order valence-electron chi connectivity index (χ3n) is 10.6. The molecule has 5 atom stereocenters. The van der Waals surface area contributed by atoms with E-state index in [4.69, 9.17) is 23.1 Å². The zero-order valence-electron chi connectivity index (χ0n) is 34.7. The summed E-state index contributed by atoms with van der Waals surface area (Å²) in [5.41, 5.74) is 0. The van der Waals surface area contributed by atoms with Crippen LogP contribution in [0.25, 0.3) is 0 Å². The molecule has 11 heteroatoms. The molecule has 0 amide bonds. The molecule has 1 aliphatic heterocycles. The van der Waals surface area contributed by atoms with Crippen molar-refractivity contribution in [3.8, 4) is 0 Å². The summed E-state index contributed by atoms with van der Waals surface area (Å²) in [4.78, 5) is 12.6. The molecule has 2 unspecified atom stereocenters. The molecule has 296 valence electrons. The Morgan fingerprint density at radius 3 is 2.12 bits per heavy atom. The van der Waals surface area contributed by atoms with E-state index in [9.17, 15) is 13.2 Å². The Kier molecular flexibility index (Phi) is 17.0. The molecular weight excluding hydrogens is 709 g/mol. The van der Waals surface area contributed by atoms with Crippen LogP contribution in [0.1, 0.15) is 101 Å². The van der Waals surface area contributed by atoms with E-state index in [0.717, 1.165) is 0 Å². The number of carbonyl (C=O) groups is 1. The van der Waals surface area contributed by atoms with Gasteiger partial charge < -0.3 is 23.1 Å². The van der Waals surface area contributed by atoms with E-state index in [1.165, 1.54) is 6.92 Å². The molecule has 1 saturated heterocycles. The number of benzene rings is 1. The third kappa shape index (κ3) is 14.8. The fourth-order valence-corrected chi connectivity index (χ4v) is 9.90. The smallest absolute Gasteiger partial charge is 0.303 e. The van der Waals surface area contributed by atoms with Crippen molar-refractivity contribution in [2.24, 2.45) is 0 Å². The normalized spacial score (nSPS) is 21.1. The zero-order valence-corrected chi connectivity index (χ0v) is 37.5. The molecule has 0 radical (unpaired) electrons. The highest BCUT2D eigenvalue weighted by atomic mass is 32.2. The van der Waals surface area contributed by atoms with Crippen LogP contribution in [-0.2, 0) is 37.7 Å². The van der Waals surface area contributed by atoms with Gasteiger partial charge in [-0.3, -0.25) is 4.79 Å². The van der Waals surface area contributed by atoms with Crippen LogP contribution < -0.4 is 0 Å². The number of allylic oxidation sites excluding steroid dienone is 2. The third-order valence-corrected chi connectivity index (χ3v) is 21.9. The molecule has 1 aromatic carbocycles. The van der Waals surface area contributed by atoms with Crippen molar-refractivity contribution in [2.45, 2.75) is 178 Å². The Morgan fingerprint density at radius 1 is 0.942 bits per heavy atom. The predicted molar refractivity (Wildman–Crippen MR) is 218 cm³/mol. The Bertz CT molecular complexity index is 1450. The highest BCUT2D eigenvalue weighted by Gasteiger charge is 2.40. The molecule has 0 saturated carbocycles. The summed E-state index contributed by atoms with van der Waals surface area (Å²) in [6.45, 7) is 30.0. The fourth-order valence-electron chi connectivity index (χ4n) is 5.62. The number of ether oxygens (including phenoxy) is 3. The standard InChI is InChI=1S/C41H70O8SSi2/c1-32(49-52(13,14)40(6,7)8)23-22-27-38(50(43,44)36-25-19-17-20-26-36)37(46-33(2)42)29-28-35-31-34(47-41(9,10)48-35)24-18-15-16-21-30-45-51(11,12)39(3,4)5/h15-21,25-26,28-29,32,34-35,37-38H,22-24,27,30-31H2,1-14H3/b18-15-,21-16+,29-28+/t32-,34+,35+,37?,38?/m1/s1. The van der Waals surface area contributed by atoms with Gasteiger partial charge in [0.05, 0.1) is 23.7 Å². The molecule has 0 spiro atoms. The van der Waals surface area contributed by atoms with E-state index in [1.54, 1.807) is 36.4 Å². The number of sulfone groups is 1. The van der Waals surface area contributed by atoms with Gasteiger partial charge in [-0.1, -0.05) is 90.1 Å². The highest BCUT2D eigenvalue weighted by Crippen LogP contribution is 2.38. The largest absolute Gasteiger partial charge is 0.457 e. The summed E-state index contributed by atoms with van der Waals surface area (Å²) >= 11 is 0. The molecule has 1 aliphatic rings. The first kappa shape index (κ1) is 46.3. The van der Waals surface area contributed by atoms with Crippen LogP contribution in [0.15, 0.2) is 71.7 Å². The first-order valence-corrected chi connectivity index (χ1v) is 26.3. The van der Waals surface area contributed by atoms with Gasteiger partial charge in [-0.15, -0.1) is 0 Å². The molecule has 0 N–H and O–H groups in total. The summed E-state index contributed by atoms with van der Waals surface area (Å²) < 4.78 is 59.4. The van der Waals surface area contributed by atoms with Crippen LogP contribution in [0.4, 0.5) is 0 Å². The number of carbonyl (C=O) groups excluding carboxylic acids is 1. The zero-order chi connectivity index (χ0) is 39.6. The highest BCUT2D eigenvalue weighted by molar-refractivity contribution is 7.92. The minimum atomic E-state index is -3.87. The number of esters is 1. The molecule has 8 nitrogen and oxygen atoms in total. The average Bonchev–Trinajstić information content (AvgIpc) is 2.99. The molecule has 1 heterocycles. The van der Waals surface area contributed by atoms with E-state index in [-0.39, 0.29) is 33.3 Å². The SMILES string of the molecule is CC(=O)OC(/C=C/[C@H]1C[C@H](C/C=C\C=C\CO[Si](C)(C)C(C)(C)C)OC(C)(C)O1)C(CCC[C@@H](C)O[Si](C)(C)C(C)(C)C)S(=O)(=O)c1ccccc1. The van der Waals surface area contributed by atoms with Crippen molar-refractivity contribution < 1.29 is 36.3 Å². The average molecular weight is 779 g/mol. The molecule has 0 aliphatic carbocycles. The van der Waals surface area contributed by atoms with Gasteiger partial charge in [0, 0.05) is 19.4 Å². The lowest BCUT2D eigenvalue weighted by molar-refractivity contribution is -0.289.